The number of rotatable bonds is 6. The highest BCUT2D eigenvalue weighted by atomic mass is 32.2. The smallest absolute Gasteiger partial charge is 0.315 e. The summed E-state index contributed by atoms with van der Waals surface area (Å²) in [5, 5.41) is 5.66. The fourth-order valence-electron chi connectivity index (χ4n) is 2.39. The van der Waals surface area contributed by atoms with Gasteiger partial charge in [0.1, 0.15) is 0 Å². The second-order valence-electron chi connectivity index (χ2n) is 5.85. The molecule has 24 heavy (non-hydrogen) atoms. The molecule has 6 heteroatoms. The van der Waals surface area contributed by atoms with Crippen molar-refractivity contribution in [1.82, 2.24) is 10.6 Å². The number of nitrogens with one attached hydrogen (secondary N) is 2. The highest BCUT2D eigenvalue weighted by Crippen LogP contribution is 2.11. The molecule has 128 valence electrons. The Bertz CT molecular complexity index is 789. The molecule has 0 aliphatic heterocycles. The number of benzene rings is 2. The lowest BCUT2D eigenvalue weighted by molar-refractivity contribution is 0.237. The molecule has 0 saturated heterocycles. The lowest BCUT2D eigenvalue weighted by atomic mass is 10.1. The van der Waals surface area contributed by atoms with E-state index in [0.29, 0.717) is 6.54 Å². The number of hydrogen-bond acceptors (Lipinski definition) is 3. The molecule has 1 atom stereocenters. The third-order valence-corrected chi connectivity index (χ3v) is 4.38. The fourth-order valence-corrected chi connectivity index (χ4v) is 3.17. The second kappa shape index (κ2) is 7.97. The van der Waals surface area contributed by atoms with Gasteiger partial charge in [-0.1, -0.05) is 54.6 Å². The summed E-state index contributed by atoms with van der Waals surface area (Å²) >= 11 is 0. The maximum absolute atomic E-state index is 12.0. The van der Waals surface area contributed by atoms with E-state index < -0.39 is 9.84 Å². The van der Waals surface area contributed by atoms with E-state index in [-0.39, 0.29) is 17.8 Å². The molecule has 0 saturated carbocycles. The monoisotopic (exact) mass is 346 g/mol. The first-order valence-electron chi connectivity index (χ1n) is 7.68. The summed E-state index contributed by atoms with van der Waals surface area (Å²) in [6.45, 7) is 2.26. The van der Waals surface area contributed by atoms with E-state index in [1.54, 1.807) is 18.2 Å². The number of urea groups is 1. The van der Waals surface area contributed by atoms with Crippen LogP contribution in [0.15, 0.2) is 54.6 Å². The summed E-state index contributed by atoms with van der Waals surface area (Å²) in [6.07, 6.45) is 1.20. The highest BCUT2D eigenvalue weighted by Gasteiger charge is 2.09. The molecule has 0 aliphatic carbocycles. The molecule has 0 heterocycles. The van der Waals surface area contributed by atoms with Gasteiger partial charge in [-0.2, -0.15) is 0 Å². The van der Waals surface area contributed by atoms with Crippen LogP contribution in [0, 0.1) is 0 Å². The predicted molar refractivity (Wildman–Crippen MR) is 95.2 cm³/mol. The Hall–Kier alpha value is -2.34. The molecule has 2 rings (SSSR count). The molecule has 2 N–H and O–H groups in total. The van der Waals surface area contributed by atoms with Crippen molar-refractivity contribution in [3.63, 3.8) is 0 Å². The molecule has 0 aromatic heterocycles. The van der Waals surface area contributed by atoms with Gasteiger partial charge < -0.3 is 10.6 Å². The molecule has 0 fully saturated rings. The van der Waals surface area contributed by atoms with Gasteiger partial charge in [-0.15, -0.1) is 0 Å². The Kier molecular flexibility index (Phi) is 5.98. The van der Waals surface area contributed by atoms with Gasteiger partial charge in [0.25, 0.3) is 0 Å². The number of hydrogen-bond donors (Lipinski definition) is 2. The number of carbonyl (C=O) groups excluding carboxylic acids is 1. The maximum Gasteiger partial charge on any atom is 0.315 e. The van der Waals surface area contributed by atoms with E-state index in [0.717, 1.165) is 16.7 Å². The quantitative estimate of drug-likeness (QED) is 0.844. The number of sulfone groups is 1. The van der Waals surface area contributed by atoms with E-state index in [2.05, 4.69) is 10.6 Å². The average molecular weight is 346 g/mol. The van der Waals surface area contributed by atoms with Gasteiger partial charge in [-0.05, 0) is 23.6 Å². The Balaban J connectivity index is 1.89. The van der Waals surface area contributed by atoms with E-state index >= 15 is 0 Å². The minimum atomic E-state index is -3.07. The van der Waals surface area contributed by atoms with Crippen molar-refractivity contribution >= 4 is 15.9 Å². The lowest BCUT2D eigenvalue weighted by Crippen LogP contribution is -2.36. The van der Waals surface area contributed by atoms with E-state index in [4.69, 9.17) is 0 Å². The standard InChI is InChI=1S/C18H22N2O3S/c1-14(17-9-4-3-5-10-17)20-18(21)19-12-15-7-6-8-16(11-15)13-24(2,22)23/h3-11,14H,12-13H2,1-2H3,(H2,19,20,21). The van der Waals surface area contributed by atoms with Crippen molar-refractivity contribution in [2.45, 2.75) is 25.3 Å². The molecule has 0 bridgehead atoms. The van der Waals surface area contributed by atoms with Crippen molar-refractivity contribution in [3.05, 3.63) is 71.3 Å². The molecule has 0 radical (unpaired) electrons. The van der Waals surface area contributed by atoms with Gasteiger partial charge >= 0.3 is 6.03 Å². The molecular weight excluding hydrogens is 324 g/mol. The maximum atomic E-state index is 12.0. The lowest BCUT2D eigenvalue weighted by Gasteiger charge is -2.15. The molecule has 1 unspecified atom stereocenters. The van der Waals surface area contributed by atoms with Crippen LogP contribution < -0.4 is 10.6 Å². The molecule has 2 aromatic carbocycles. The van der Waals surface area contributed by atoms with Crippen LogP contribution in [-0.4, -0.2) is 20.7 Å². The summed E-state index contributed by atoms with van der Waals surface area (Å²) in [4.78, 5) is 12.0. The summed E-state index contributed by atoms with van der Waals surface area (Å²) in [7, 11) is -3.07. The van der Waals surface area contributed by atoms with Gasteiger partial charge in [0.15, 0.2) is 9.84 Å². The van der Waals surface area contributed by atoms with Crippen LogP contribution in [0.2, 0.25) is 0 Å². The van der Waals surface area contributed by atoms with Crippen LogP contribution >= 0.6 is 0 Å². The number of amides is 2. The molecule has 0 spiro atoms. The Morgan fingerprint density at radius 3 is 2.38 bits per heavy atom. The SMILES string of the molecule is CC(NC(=O)NCc1cccc(CS(C)(=O)=O)c1)c1ccccc1. The minimum Gasteiger partial charge on any atom is -0.334 e. The average Bonchev–Trinajstić information content (AvgIpc) is 2.52. The van der Waals surface area contributed by atoms with E-state index in [1.807, 2.05) is 43.3 Å². The first kappa shape index (κ1) is 18.0. The largest absolute Gasteiger partial charge is 0.334 e. The molecule has 2 amide bonds. The van der Waals surface area contributed by atoms with Crippen LogP contribution in [0.3, 0.4) is 0 Å². The van der Waals surface area contributed by atoms with Gasteiger partial charge in [0, 0.05) is 12.8 Å². The zero-order valence-corrected chi connectivity index (χ0v) is 14.6. The molecular formula is C18H22N2O3S. The van der Waals surface area contributed by atoms with Crippen LogP contribution in [0.25, 0.3) is 0 Å². The van der Waals surface area contributed by atoms with Crippen molar-refractivity contribution < 1.29 is 13.2 Å². The highest BCUT2D eigenvalue weighted by molar-refractivity contribution is 7.89. The van der Waals surface area contributed by atoms with Crippen LogP contribution in [0.4, 0.5) is 4.79 Å². The first-order valence-corrected chi connectivity index (χ1v) is 9.74. The second-order valence-corrected chi connectivity index (χ2v) is 7.99. The molecule has 2 aromatic rings. The fraction of sp³-hybridized carbons (Fsp3) is 0.278. The predicted octanol–water partition coefficient (Wildman–Crippen LogP) is 2.79. The van der Waals surface area contributed by atoms with Crippen LogP contribution in [0.1, 0.15) is 29.7 Å². The topological polar surface area (TPSA) is 75.3 Å². The summed E-state index contributed by atoms with van der Waals surface area (Å²) in [5.74, 6) is -0.00191. The van der Waals surface area contributed by atoms with Crippen molar-refractivity contribution in [3.8, 4) is 0 Å². The third-order valence-electron chi connectivity index (χ3n) is 3.52. The summed E-state index contributed by atoms with van der Waals surface area (Å²) < 4.78 is 22.7. The summed E-state index contributed by atoms with van der Waals surface area (Å²) in [6, 6.07) is 16.6. The van der Waals surface area contributed by atoms with Gasteiger partial charge in [-0.25, -0.2) is 13.2 Å². The minimum absolute atomic E-state index is 0.00191. The van der Waals surface area contributed by atoms with E-state index in [9.17, 15) is 13.2 Å². The van der Waals surface area contributed by atoms with Crippen LogP contribution in [0.5, 0.6) is 0 Å². The van der Waals surface area contributed by atoms with Crippen molar-refractivity contribution in [2.24, 2.45) is 0 Å². The third kappa shape index (κ3) is 6.04. The zero-order valence-electron chi connectivity index (χ0n) is 13.8. The van der Waals surface area contributed by atoms with Gasteiger partial charge in [0.05, 0.1) is 11.8 Å². The molecule has 5 nitrogen and oxygen atoms in total. The van der Waals surface area contributed by atoms with Crippen LogP contribution in [-0.2, 0) is 22.1 Å². The Labute approximate surface area is 143 Å². The van der Waals surface area contributed by atoms with Gasteiger partial charge in [0.2, 0.25) is 0 Å². The van der Waals surface area contributed by atoms with Gasteiger partial charge in [-0.3, -0.25) is 0 Å². The van der Waals surface area contributed by atoms with Crippen molar-refractivity contribution in [1.29, 1.82) is 0 Å². The van der Waals surface area contributed by atoms with Crippen molar-refractivity contribution in [2.75, 3.05) is 6.26 Å². The molecule has 0 aliphatic rings. The Morgan fingerprint density at radius 1 is 1.04 bits per heavy atom. The Morgan fingerprint density at radius 2 is 1.71 bits per heavy atom. The normalized spacial score (nSPS) is 12.4. The first-order chi connectivity index (χ1) is 11.3. The van der Waals surface area contributed by atoms with E-state index in [1.165, 1.54) is 6.26 Å². The summed E-state index contributed by atoms with van der Waals surface area (Å²) in [5.41, 5.74) is 2.61. The zero-order chi connectivity index (χ0) is 17.6. The number of carbonyl (C=O) groups is 1.